The summed E-state index contributed by atoms with van der Waals surface area (Å²) in [4.78, 5) is 26.0. The molecule has 1 saturated heterocycles. The van der Waals surface area contributed by atoms with Crippen molar-refractivity contribution in [2.45, 2.75) is 38.6 Å². The van der Waals surface area contributed by atoms with E-state index in [-0.39, 0.29) is 24.2 Å². The van der Waals surface area contributed by atoms with Gasteiger partial charge in [-0.15, -0.1) is 0 Å². The Hall–Kier alpha value is -1.91. The summed E-state index contributed by atoms with van der Waals surface area (Å²) in [5.41, 5.74) is -0.236. The molecule has 114 valence electrons. The smallest absolute Gasteiger partial charge is 0.248 e. The molecule has 1 aromatic carbocycles. The van der Waals surface area contributed by atoms with Gasteiger partial charge in [0.25, 0.3) is 0 Å². The molecule has 0 saturated carbocycles. The van der Waals surface area contributed by atoms with Crippen LogP contribution in [0.3, 0.4) is 0 Å². The molecular formula is C16H21FN2O2. The first-order chi connectivity index (χ1) is 10.0. The van der Waals surface area contributed by atoms with E-state index in [9.17, 15) is 14.0 Å². The van der Waals surface area contributed by atoms with E-state index in [1.807, 2.05) is 13.8 Å². The fourth-order valence-corrected chi connectivity index (χ4v) is 2.77. The minimum Gasteiger partial charge on any atom is -0.340 e. The van der Waals surface area contributed by atoms with Gasteiger partial charge in [0.15, 0.2) is 0 Å². The van der Waals surface area contributed by atoms with Crippen LogP contribution in [0.1, 0.15) is 32.3 Å². The molecule has 0 aliphatic carbocycles. The maximum atomic E-state index is 13.6. The van der Waals surface area contributed by atoms with Gasteiger partial charge in [-0.2, -0.15) is 0 Å². The Bertz CT molecular complexity index is 541. The number of benzene rings is 1. The van der Waals surface area contributed by atoms with E-state index < -0.39 is 5.54 Å². The quantitative estimate of drug-likeness (QED) is 0.901. The lowest BCUT2D eigenvalue weighted by Gasteiger charge is -2.41. The minimum absolute atomic E-state index is 0.0506. The Morgan fingerprint density at radius 2 is 1.90 bits per heavy atom. The fraction of sp³-hybridized carbons (Fsp3) is 0.500. The summed E-state index contributed by atoms with van der Waals surface area (Å²) in [6, 6.07) is 6.52. The van der Waals surface area contributed by atoms with E-state index in [4.69, 9.17) is 0 Å². The second kappa shape index (κ2) is 6.24. The van der Waals surface area contributed by atoms with Gasteiger partial charge in [0.2, 0.25) is 11.8 Å². The zero-order valence-corrected chi connectivity index (χ0v) is 12.5. The molecule has 5 heteroatoms. The number of nitrogens with one attached hydrogen (secondary N) is 1. The molecule has 0 spiro atoms. The standard InChI is InChI=1S/C16H21FN2O2/c1-3-16(4-2)15(21)19(11-14(20)18-16)10-9-12-7-5-6-8-13(12)17/h5-8H,3-4,9-11H2,1-2H3,(H,18,20). The topological polar surface area (TPSA) is 49.4 Å². The van der Waals surface area contributed by atoms with Crippen molar-refractivity contribution in [2.75, 3.05) is 13.1 Å². The van der Waals surface area contributed by atoms with Gasteiger partial charge in [0.1, 0.15) is 11.4 Å². The molecule has 1 heterocycles. The molecule has 2 rings (SSSR count). The normalized spacial score (nSPS) is 17.8. The monoisotopic (exact) mass is 292 g/mol. The molecule has 1 fully saturated rings. The molecular weight excluding hydrogens is 271 g/mol. The molecule has 2 amide bonds. The average Bonchev–Trinajstić information content (AvgIpc) is 2.49. The summed E-state index contributed by atoms with van der Waals surface area (Å²) in [5.74, 6) is -0.487. The van der Waals surface area contributed by atoms with Crippen molar-refractivity contribution >= 4 is 11.8 Å². The molecule has 0 unspecified atom stereocenters. The van der Waals surface area contributed by atoms with E-state index in [0.29, 0.717) is 31.4 Å². The second-order valence-electron chi connectivity index (χ2n) is 5.41. The van der Waals surface area contributed by atoms with Gasteiger partial charge in [-0.25, -0.2) is 4.39 Å². The first-order valence-corrected chi connectivity index (χ1v) is 7.36. The third kappa shape index (κ3) is 3.06. The summed E-state index contributed by atoms with van der Waals surface area (Å²) in [7, 11) is 0. The molecule has 0 radical (unpaired) electrons. The van der Waals surface area contributed by atoms with E-state index in [1.54, 1.807) is 18.2 Å². The number of carbonyl (C=O) groups excluding carboxylic acids is 2. The van der Waals surface area contributed by atoms with Crippen molar-refractivity contribution in [3.8, 4) is 0 Å². The van der Waals surface area contributed by atoms with Gasteiger partial charge < -0.3 is 10.2 Å². The summed E-state index contributed by atoms with van der Waals surface area (Å²) in [5, 5.41) is 2.81. The lowest BCUT2D eigenvalue weighted by atomic mass is 9.89. The van der Waals surface area contributed by atoms with Crippen molar-refractivity contribution in [1.29, 1.82) is 0 Å². The van der Waals surface area contributed by atoms with Gasteiger partial charge in [0, 0.05) is 6.54 Å². The van der Waals surface area contributed by atoms with Crippen LogP contribution in [0, 0.1) is 5.82 Å². The maximum absolute atomic E-state index is 13.6. The second-order valence-corrected chi connectivity index (χ2v) is 5.41. The first-order valence-electron chi connectivity index (χ1n) is 7.36. The van der Waals surface area contributed by atoms with Crippen LogP contribution in [0.15, 0.2) is 24.3 Å². The van der Waals surface area contributed by atoms with Gasteiger partial charge in [-0.1, -0.05) is 32.0 Å². The zero-order chi connectivity index (χ0) is 15.5. The van der Waals surface area contributed by atoms with E-state index in [0.717, 1.165) is 0 Å². The number of rotatable bonds is 5. The predicted octanol–water partition coefficient (Wildman–Crippen LogP) is 1.89. The molecule has 1 aliphatic rings. The highest BCUT2D eigenvalue weighted by molar-refractivity contribution is 5.97. The molecule has 0 atom stereocenters. The van der Waals surface area contributed by atoms with Crippen molar-refractivity contribution in [3.05, 3.63) is 35.6 Å². The van der Waals surface area contributed by atoms with Crippen molar-refractivity contribution in [3.63, 3.8) is 0 Å². The van der Waals surface area contributed by atoms with Crippen LogP contribution in [0.2, 0.25) is 0 Å². The maximum Gasteiger partial charge on any atom is 0.248 e. The SMILES string of the molecule is CCC1(CC)NC(=O)CN(CCc2ccccc2F)C1=O. The summed E-state index contributed by atoms with van der Waals surface area (Å²) < 4.78 is 13.6. The summed E-state index contributed by atoms with van der Waals surface area (Å²) in [6.45, 7) is 4.19. The van der Waals surface area contributed by atoms with Gasteiger partial charge in [-0.3, -0.25) is 9.59 Å². The highest BCUT2D eigenvalue weighted by Gasteiger charge is 2.43. The van der Waals surface area contributed by atoms with E-state index in [1.165, 1.54) is 11.0 Å². The Morgan fingerprint density at radius 3 is 2.52 bits per heavy atom. The third-order valence-electron chi connectivity index (χ3n) is 4.23. The van der Waals surface area contributed by atoms with Crippen LogP contribution >= 0.6 is 0 Å². The Kier molecular flexibility index (Phi) is 4.60. The number of halogens is 1. The summed E-state index contributed by atoms with van der Waals surface area (Å²) in [6.07, 6.45) is 1.53. The fourth-order valence-electron chi connectivity index (χ4n) is 2.77. The Balaban J connectivity index is 2.10. The van der Waals surface area contributed by atoms with Gasteiger partial charge in [0.05, 0.1) is 6.54 Å². The molecule has 0 bridgehead atoms. The van der Waals surface area contributed by atoms with Crippen molar-refractivity contribution < 1.29 is 14.0 Å². The molecule has 1 N–H and O–H groups in total. The van der Waals surface area contributed by atoms with Crippen molar-refractivity contribution in [2.24, 2.45) is 0 Å². The zero-order valence-electron chi connectivity index (χ0n) is 12.5. The minimum atomic E-state index is -0.801. The summed E-state index contributed by atoms with van der Waals surface area (Å²) >= 11 is 0. The lowest BCUT2D eigenvalue weighted by Crippen LogP contribution is -2.66. The number of carbonyl (C=O) groups is 2. The van der Waals surface area contributed by atoms with Gasteiger partial charge in [-0.05, 0) is 30.9 Å². The third-order valence-corrected chi connectivity index (χ3v) is 4.23. The Morgan fingerprint density at radius 1 is 1.24 bits per heavy atom. The number of hydrogen-bond donors (Lipinski definition) is 1. The molecule has 1 aliphatic heterocycles. The molecule has 1 aromatic rings. The van der Waals surface area contributed by atoms with Crippen LogP contribution in [0.4, 0.5) is 4.39 Å². The molecule has 0 aromatic heterocycles. The van der Waals surface area contributed by atoms with Crippen LogP contribution in [-0.2, 0) is 16.0 Å². The average molecular weight is 292 g/mol. The highest BCUT2D eigenvalue weighted by Crippen LogP contribution is 2.22. The molecule has 4 nitrogen and oxygen atoms in total. The van der Waals surface area contributed by atoms with E-state index >= 15 is 0 Å². The van der Waals surface area contributed by atoms with E-state index in [2.05, 4.69) is 5.32 Å². The number of nitrogens with zero attached hydrogens (tertiary/aromatic N) is 1. The predicted molar refractivity (Wildman–Crippen MR) is 78.1 cm³/mol. The highest BCUT2D eigenvalue weighted by atomic mass is 19.1. The largest absolute Gasteiger partial charge is 0.340 e. The van der Waals surface area contributed by atoms with Crippen LogP contribution < -0.4 is 5.32 Å². The molecule has 21 heavy (non-hydrogen) atoms. The Labute approximate surface area is 124 Å². The van der Waals surface area contributed by atoms with Crippen LogP contribution in [0.25, 0.3) is 0 Å². The van der Waals surface area contributed by atoms with Gasteiger partial charge >= 0.3 is 0 Å². The number of hydrogen-bond acceptors (Lipinski definition) is 2. The van der Waals surface area contributed by atoms with Crippen LogP contribution in [-0.4, -0.2) is 35.3 Å². The lowest BCUT2D eigenvalue weighted by molar-refractivity contribution is -0.150. The van der Waals surface area contributed by atoms with Crippen molar-refractivity contribution in [1.82, 2.24) is 10.2 Å². The van der Waals surface area contributed by atoms with Crippen LogP contribution in [0.5, 0.6) is 0 Å². The first kappa shape index (κ1) is 15.5. The number of piperazine rings is 1. The number of amides is 2.